The molecule has 2 fully saturated rings. The molecule has 5 nitrogen and oxygen atoms in total. The minimum absolute atomic E-state index is 0.0325. The normalized spacial score (nSPS) is 36.8. The molecule has 0 aliphatic carbocycles. The van der Waals surface area contributed by atoms with Crippen LogP contribution in [0.4, 0.5) is 0 Å². The summed E-state index contributed by atoms with van der Waals surface area (Å²) in [5.41, 5.74) is -0.0325. The van der Waals surface area contributed by atoms with Gasteiger partial charge >= 0.3 is 0 Å². The molecule has 0 radical (unpaired) electrons. The van der Waals surface area contributed by atoms with E-state index in [0.29, 0.717) is 0 Å². The third kappa shape index (κ3) is 3.62. The third-order valence-electron chi connectivity index (χ3n) is 3.84. The summed E-state index contributed by atoms with van der Waals surface area (Å²) in [6.07, 6.45) is 2.18. The van der Waals surface area contributed by atoms with Crippen molar-refractivity contribution in [1.82, 2.24) is 4.90 Å². The molecule has 110 valence electrons. The molecule has 2 aliphatic heterocycles. The summed E-state index contributed by atoms with van der Waals surface area (Å²) in [4.78, 5) is 6.65. The summed E-state index contributed by atoms with van der Waals surface area (Å²) >= 11 is 1.62. The van der Waals surface area contributed by atoms with Gasteiger partial charge in [0, 0.05) is 20.1 Å². The molecule has 0 aromatic carbocycles. The number of nitrogens with zero attached hydrogens (tertiary/aromatic N) is 2. The standard InChI is InChI=1S/C13H24N2O3S/c1-9-7-11(18-10(8-16)12(9)17)19-13(14-2)15-5-3-4-6-15/h9-12,16-17H,3-8H2,1-2H3. The van der Waals surface area contributed by atoms with E-state index < -0.39 is 12.2 Å². The van der Waals surface area contributed by atoms with Gasteiger partial charge in [-0.3, -0.25) is 4.99 Å². The predicted octanol–water partition coefficient (Wildman–Crippen LogP) is 0.905. The van der Waals surface area contributed by atoms with Crippen molar-refractivity contribution in [3.05, 3.63) is 0 Å². The van der Waals surface area contributed by atoms with Crippen molar-refractivity contribution >= 4 is 16.9 Å². The van der Waals surface area contributed by atoms with E-state index in [0.717, 1.165) is 24.7 Å². The maximum absolute atomic E-state index is 9.92. The van der Waals surface area contributed by atoms with E-state index in [1.165, 1.54) is 12.8 Å². The molecule has 19 heavy (non-hydrogen) atoms. The Morgan fingerprint density at radius 2 is 2.11 bits per heavy atom. The molecule has 0 spiro atoms. The Morgan fingerprint density at radius 3 is 2.68 bits per heavy atom. The quantitative estimate of drug-likeness (QED) is 0.584. The highest BCUT2D eigenvalue weighted by Crippen LogP contribution is 2.33. The number of ether oxygens (including phenoxy) is 1. The average molecular weight is 288 g/mol. The van der Waals surface area contributed by atoms with Gasteiger partial charge in [0.2, 0.25) is 0 Å². The van der Waals surface area contributed by atoms with E-state index in [1.807, 2.05) is 14.0 Å². The molecule has 0 saturated carbocycles. The number of hydrogen-bond donors (Lipinski definition) is 2. The third-order valence-corrected chi connectivity index (χ3v) is 5.06. The Morgan fingerprint density at radius 1 is 1.42 bits per heavy atom. The van der Waals surface area contributed by atoms with Crippen LogP contribution in [0.3, 0.4) is 0 Å². The van der Waals surface area contributed by atoms with Gasteiger partial charge in [-0.2, -0.15) is 0 Å². The Labute approximate surface area is 119 Å². The molecule has 2 rings (SSSR count). The molecular formula is C13H24N2O3S. The maximum atomic E-state index is 9.92. The Bertz CT molecular complexity index is 321. The number of thioether (sulfide) groups is 1. The smallest absolute Gasteiger partial charge is 0.161 e. The molecule has 2 aliphatic rings. The molecule has 4 atom stereocenters. The summed E-state index contributed by atoms with van der Waals surface area (Å²) in [5.74, 6) is 0.139. The highest BCUT2D eigenvalue weighted by Gasteiger charge is 2.36. The van der Waals surface area contributed by atoms with Crippen LogP contribution in [0.5, 0.6) is 0 Å². The van der Waals surface area contributed by atoms with Gasteiger partial charge in [0.05, 0.1) is 12.7 Å². The summed E-state index contributed by atoms with van der Waals surface area (Å²) in [5, 5.41) is 20.2. The van der Waals surface area contributed by atoms with Crippen LogP contribution in [0.15, 0.2) is 4.99 Å². The highest BCUT2D eigenvalue weighted by atomic mass is 32.2. The number of aliphatic hydroxyl groups is 2. The van der Waals surface area contributed by atoms with Crippen molar-refractivity contribution in [3.63, 3.8) is 0 Å². The van der Waals surface area contributed by atoms with Crippen molar-refractivity contribution in [1.29, 1.82) is 0 Å². The van der Waals surface area contributed by atoms with Crippen LogP contribution in [0.2, 0.25) is 0 Å². The van der Waals surface area contributed by atoms with E-state index in [-0.39, 0.29) is 18.0 Å². The SMILES string of the molecule is CN=C(SC1CC(C)C(O)C(CO)O1)N1CCCC1. The fraction of sp³-hybridized carbons (Fsp3) is 0.923. The Balaban J connectivity index is 1.94. The number of aliphatic imine (C=N–C) groups is 1. The highest BCUT2D eigenvalue weighted by molar-refractivity contribution is 8.14. The number of amidine groups is 1. The first-order chi connectivity index (χ1) is 9.15. The molecule has 0 aromatic rings. The minimum atomic E-state index is -0.573. The topological polar surface area (TPSA) is 65.3 Å². The molecular weight excluding hydrogens is 264 g/mol. The van der Waals surface area contributed by atoms with Gasteiger partial charge in [-0.1, -0.05) is 18.7 Å². The first kappa shape index (κ1) is 15.1. The van der Waals surface area contributed by atoms with Gasteiger partial charge in [0.1, 0.15) is 11.5 Å². The van der Waals surface area contributed by atoms with Gasteiger partial charge in [-0.25, -0.2) is 0 Å². The fourth-order valence-electron chi connectivity index (χ4n) is 2.66. The summed E-state index contributed by atoms with van der Waals surface area (Å²) in [6.45, 7) is 3.99. The molecule has 2 N–H and O–H groups in total. The molecule has 6 heteroatoms. The van der Waals surface area contributed by atoms with E-state index in [2.05, 4.69) is 9.89 Å². The number of likely N-dealkylation sites (tertiary alicyclic amines) is 1. The van der Waals surface area contributed by atoms with E-state index in [4.69, 9.17) is 4.74 Å². The number of aliphatic hydroxyl groups excluding tert-OH is 2. The Hall–Kier alpha value is -0.300. The zero-order valence-electron chi connectivity index (χ0n) is 11.7. The van der Waals surface area contributed by atoms with Gasteiger partial charge in [-0.05, 0) is 25.2 Å². The molecule has 0 amide bonds. The van der Waals surface area contributed by atoms with Crippen molar-refractivity contribution < 1.29 is 14.9 Å². The fourth-order valence-corrected chi connectivity index (χ4v) is 3.93. The zero-order chi connectivity index (χ0) is 13.8. The van der Waals surface area contributed by atoms with Gasteiger partial charge < -0.3 is 19.8 Å². The molecule has 2 heterocycles. The molecule has 2 saturated heterocycles. The van der Waals surface area contributed by atoms with Crippen molar-refractivity contribution in [3.8, 4) is 0 Å². The second-order valence-electron chi connectivity index (χ2n) is 5.31. The second-order valence-corrected chi connectivity index (χ2v) is 6.44. The average Bonchev–Trinajstić information content (AvgIpc) is 2.93. The second kappa shape index (κ2) is 6.92. The van der Waals surface area contributed by atoms with Crippen LogP contribution < -0.4 is 0 Å². The van der Waals surface area contributed by atoms with Crippen molar-refractivity contribution in [2.75, 3.05) is 26.7 Å². The lowest BCUT2D eigenvalue weighted by atomic mass is 9.94. The zero-order valence-corrected chi connectivity index (χ0v) is 12.5. The van der Waals surface area contributed by atoms with Gasteiger partial charge in [0.15, 0.2) is 5.17 Å². The lowest BCUT2D eigenvalue weighted by Gasteiger charge is -2.37. The van der Waals surface area contributed by atoms with Crippen LogP contribution in [0.1, 0.15) is 26.2 Å². The molecule has 0 bridgehead atoms. The maximum Gasteiger partial charge on any atom is 0.161 e. The molecule has 0 aromatic heterocycles. The lowest BCUT2D eigenvalue weighted by molar-refractivity contribution is -0.129. The lowest BCUT2D eigenvalue weighted by Crippen LogP contribution is -2.45. The van der Waals surface area contributed by atoms with Gasteiger partial charge in [0.25, 0.3) is 0 Å². The van der Waals surface area contributed by atoms with Crippen LogP contribution in [-0.2, 0) is 4.74 Å². The minimum Gasteiger partial charge on any atom is -0.394 e. The summed E-state index contributed by atoms with van der Waals surface area (Å²) in [7, 11) is 1.81. The van der Waals surface area contributed by atoms with Crippen molar-refractivity contribution in [2.24, 2.45) is 10.9 Å². The summed E-state index contributed by atoms with van der Waals surface area (Å²) in [6, 6.07) is 0. The van der Waals surface area contributed by atoms with Crippen LogP contribution in [0.25, 0.3) is 0 Å². The van der Waals surface area contributed by atoms with Crippen molar-refractivity contribution in [2.45, 2.75) is 43.8 Å². The summed E-state index contributed by atoms with van der Waals surface area (Å²) < 4.78 is 5.77. The van der Waals surface area contributed by atoms with E-state index in [1.54, 1.807) is 11.8 Å². The Kier molecular flexibility index (Phi) is 5.50. The predicted molar refractivity (Wildman–Crippen MR) is 77.3 cm³/mol. The van der Waals surface area contributed by atoms with Crippen LogP contribution in [-0.4, -0.2) is 64.7 Å². The van der Waals surface area contributed by atoms with Crippen LogP contribution >= 0.6 is 11.8 Å². The number of rotatable bonds is 2. The number of hydrogen-bond acceptors (Lipinski definition) is 5. The van der Waals surface area contributed by atoms with E-state index >= 15 is 0 Å². The molecule has 4 unspecified atom stereocenters. The van der Waals surface area contributed by atoms with Crippen LogP contribution in [0, 0.1) is 5.92 Å². The first-order valence-electron chi connectivity index (χ1n) is 6.98. The van der Waals surface area contributed by atoms with E-state index in [9.17, 15) is 10.2 Å². The first-order valence-corrected chi connectivity index (χ1v) is 7.86. The largest absolute Gasteiger partial charge is 0.394 e. The monoisotopic (exact) mass is 288 g/mol. The van der Waals surface area contributed by atoms with Gasteiger partial charge in [-0.15, -0.1) is 0 Å².